The van der Waals surface area contributed by atoms with E-state index in [-0.39, 0.29) is 0 Å². The standard InChI is InChI=1S/C11H24O3Si/c1-6-7-8-11(2)9-10-15(12-3,13-4)14-5/h6,11H,1,7-10H2,2-5H3. The van der Waals surface area contributed by atoms with Crippen LogP contribution in [0.15, 0.2) is 12.7 Å². The molecule has 15 heavy (non-hydrogen) atoms. The van der Waals surface area contributed by atoms with Crippen molar-refractivity contribution in [2.45, 2.75) is 32.2 Å². The molecule has 0 aromatic carbocycles. The van der Waals surface area contributed by atoms with Crippen LogP contribution in [0.3, 0.4) is 0 Å². The van der Waals surface area contributed by atoms with E-state index in [0.29, 0.717) is 5.92 Å². The Balaban J connectivity index is 3.92. The van der Waals surface area contributed by atoms with Crippen molar-refractivity contribution in [3.8, 4) is 0 Å². The minimum atomic E-state index is -2.35. The van der Waals surface area contributed by atoms with Gasteiger partial charge in [0.25, 0.3) is 0 Å². The van der Waals surface area contributed by atoms with Crippen molar-refractivity contribution in [1.82, 2.24) is 0 Å². The van der Waals surface area contributed by atoms with Gasteiger partial charge in [-0.05, 0) is 25.2 Å². The number of rotatable bonds is 9. The zero-order valence-electron chi connectivity index (χ0n) is 10.4. The maximum Gasteiger partial charge on any atom is 0.500 e. The summed E-state index contributed by atoms with van der Waals surface area (Å²) in [7, 11) is 2.64. The molecular weight excluding hydrogens is 208 g/mol. The lowest BCUT2D eigenvalue weighted by molar-refractivity contribution is 0.121. The highest BCUT2D eigenvalue weighted by atomic mass is 28.4. The minimum absolute atomic E-state index is 0.662. The third kappa shape index (κ3) is 5.46. The predicted octanol–water partition coefficient (Wildman–Crippen LogP) is 2.86. The van der Waals surface area contributed by atoms with Crippen molar-refractivity contribution in [2.24, 2.45) is 5.92 Å². The Labute approximate surface area is 94.8 Å². The van der Waals surface area contributed by atoms with Gasteiger partial charge in [0.15, 0.2) is 0 Å². The molecular formula is C11H24O3Si. The van der Waals surface area contributed by atoms with Gasteiger partial charge in [-0.15, -0.1) is 6.58 Å². The topological polar surface area (TPSA) is 27.7 Å². The molecule has 0 aliphatic heterocycles. The summed E-state index contributed by atoms with van der Waals surface area (Å²) in [6.45, 7) is 5.96. The fourth-order valence-corrected chi connectivity index (χ4v) is 3.48. The third-order valence-corrected chi connectivity index (χ3v) is 5.51. The van der Waals surface area contributed by atoms with E-state index in [1.165, 1.54) is 6.42 Å². The highest BCUT2D eigenvalue weighted by Gasteiger charge is 2.37. The number of hydrogen-bond donors (Lipinski definition) is 0. The highest BCUT2D eigenvalue weighted by Crippen LogP contribution is 2.21. The van der Waals surface area contributed by atoms with Gasteiger partial charge in [-0.3, -0.25) is 0 Å². The first-order chi connectivity index (χ1) is 7.14. The molecule has 0 radical (unpaired) electrons. The van der Waals surface area contributed by atoms with Crippen molar-refractivity contribution in [3.05, 3.63) is 12.7 Å². The molecule has 1 atom stereocenters. The lowest BCUT2D eigenvalue weighted by Crippen LogP contribution is -2.42. The SMILES string of the molecule is C=CCCC(C)CC[Si](OC)(OC)OC. The van der Waals surface area contributed by atoms with Crippen molar-refractivity contribution < 1.29 is 13.3 Å². The van der Waals surface area contributed by atoms with Gasteiger partial charge >= 0.3 is 8.80 Å². The second-order valence-electron chi connectivity index (χ2n) is 3.81. The van der Waals surface area contributed by atoms with Crippen LogP contribution in [-0.2, 0) is 13.3 Å². The molecule has 0 N–H and O–H groups in total. The lowest BCUT2D eigenvalue weighted by Gasteiger charge is -2.25. The van der Waals surface area contributed by atoms with Gasteiger partial charge in [0, 0.05) is 27.4 Å². The van der Waals surface area contributed by atoms with Crippen LogP contribution in [0.1, 0.15) is 26.2 Å². The largest absolute Gasteiger partial charge is 0.500 e. The number of allylic oxidation sites excluding steroid dienone is 1. The molecule has 0 fully saturated rings. The fourth-order valence-electron chi connectivity index (χ4n) is 1.53. The molecule has 3 nitrogen and oxygen atoms in total. The first-order valence-corrected chi connectivity index (χ1v) is 7.33. The van der Waals surface area contributed by atoms with E-state index in [4.69, 9.17) is 13.3 Å². The van der Waals surface area contributed by atoms with Gasteiger partial charge in [0.2, 0.25) is 0 Å². The van der Waals surface area contributed by atoms with E-state index >= 15 is 0 Å². The Bertz CT molecular complexity index is 161. The van der Waals surface area contributed by atoms with Crippen molar-refractivity contribution >= 4 is 8.80 Å². The van der Waals surface area contributed by atoms with E-state index in [1.807, 2.05) is 6.08 Å². The van der Waals surface area contributed by atoms with E-state index in [9.17, 15) is 0 Å². The highest BCUT2D eigenvalue weighted by molar-refractivity contribution is 6.60. The van der Waals surface area contributed by atoms with Gasteiger partial charge in [0.05, 0.1) is 0 Å². The quantitative estimate of drug-likeness (QED) is 0.452. The summed E-state index contributed by atoms with van der Waals surface area (Å²) in [5, 5.41) is 0. The summed E-state index contributed by atoms with van der Waals surface area (Å²) >= 11 is 0. The van der Waals surface area contributed by atoms with Crippen LogP contribution in [0.25, 0.3) is 0 Å². The van der Waals surface area contributed by atoms with Crippen LogP contribution < -0.4 is 0 Å². The zero-order chi connectivity index (χ0) is 11.7. The van der Waals surface area contributed by atoms with Crippen molar-refractivity contribution in [1.29, 1.82) is 0 Å². The lowest BCUT2D eigenvalue weighted by atomic mass is 10.0. The summed E-state index contributed by atoms with van der Waals surface area (Å²) in [6.07, 6.45) is 5.29. The first-order valence-electron chi connectivity index (χ1n) is 5.40. The molecule has 0 heterocycles. The van der Waals surface area contributed by atoms with Crippen LogP contribution >= 0.6 is 0 Å². The van der Waals surface area contributed by atoms with E-state index in [2.05, 4.69) is 13.5 Å². The molecule has 0 aromatic rings. The maximum absolute atomic E-state index is 5.37. The Hall–Kier alpha value is -0.163. The molecule has 0 amide bonds. The average Bonchev–Trinajstić information content (AvgIpc) is 2.29. The normalized spacial score (nSPS) is 13.9. The average molecular weight is 232 g/mol. The second kappa shape index (κ2) is 8.04. The molecule has 0 rings (SSSR count). The molecule has 0 saturated heterocycles. The summed E-state index contributed by atoms with van der Waals surface area (Å²) in [5.74, 6) is 0.662. The Morgan fingerprint density at radius 1 is 1.13 bits per heavy atom. The maximum atomic E-state index is 5.37. The smallest absolute Gasteiger partial charge is 0.377 e. The molecule has 4 heteroatoms. The van der Waals surface area contributed by atoms with E-state index in [1.54, 1.807) is 21.3 Å². The Morgan fingerprint density at radius 3 is 2.07 bits per heavy atom. The molecule has 0 aromatic heterocycles. The Kier molecular flexibility index (Phi) is 7.96. The van der Waals surface area contributed by atoms with E-state index in [0.717, 1.165) is 18.9 Å². The van der Waals surface area contributed by atoms with Crippen LogP contribution in [-0.4, -0.2) is 30.1 Å². The predicted molar refractivity (Wildman–Crippen MR) is 64.8 cm³/mol. The fraction of sp³-hybridized carbons (Fsp3) is 0.818. The number of hydrogen-bond acceptors (Lipinski definition) is 3. The summed E-state index contributed by atoms with van der Waals surface area (Å²) < 4.78 is 16.1. The van der Waals surface area contributed by atoms with Crippen LogP contribution in [0.5, 0.6) is 0 Å². The van der Waals surface area contributed by atoms with Crippen molar-refractivity contribution in [2.75, 3.05) is 21.3 Å². The van der Waals surface area contributed by atoms with Gasteiger partial charge in [0.1, 0.15) is 0 Å². The molecule has 0 bridgehead atoms. The second-order valence-corrected chi connectivity index (χ2v) is 6.90. The molecule has 0 spiro atoms. The van der Waals surface area contributed by atoms with E-state index < -0.39 is 8.80 Å². The zero-order valence-corrected chi connectivity index (χ0v) is 11.4. The molecule has 90 valence electrons. The summed E-state index contributed by atoms with van der Waals surface area (Å²) in [4.78, 5) is 0. The van der Waals surface area contributed by atoms with Gasteiger partial charge in [-0.2, -0.15) is 0 Å². The van der Waals surface area contributed by atoms with Crippen LogP contribution in [0.2, 0.25) is 6.04 Å². The third-order valence-electron chi connectivity index (χ3n) is 2.74. The summed E-state index contributed by atoms with van der Waals surface area (Å²) in [5.41, 5.74) is 0. The molecule has 0 saturated carbocycles. The molecule has 0 aliphatic carbocycles. The van der Waals surface area contributed by atoms with Crippen LogP contribution in [0.4, 0.5) is 0 Å². The minimum Gasteiger partial charge on any atom is -0.377 e. The van der Waals surface area contributed by atoms with Crippen LogP contribution in [0, 0.1) is 5.92 Å². The van der Waals surface area contributed by atoms with Gasteiger partial charge in [-0.1, -0.05) is 13.0 Å². The molecule has 1 unspecified atom stereocenters. The monoisotopic (exact) mass is 232 g/mol. The summed E-state index contributed by atoms with van der Waals surface area (Å²) in [6, 6.07) is 0.884. The Morgan fingerprint density at radius 2 is 1.67 bits per heavy atom. The first kappa shape index (κ1) is 14.8. The van der Waals surface area contributed by atoms with Crippen molar-refractivity contribution in [3.63, 3.8) is 0 Å². The van der Waals surface area contributed by atoms with Gasteiger partial charge < -0.3 is 13.3 Å². The van der Waals surface area contributed by atoms with Gasteiger partial charge in [-0.25, -0.2) is 0 Å². The molecule has 0 aliphatic rings.